The molecule has 23 heavy (non-hydrogen) atoms. The standard InChI is InChI=1S/C17H11FN4O/c18-12-8-6-11(7-9-12)15-14-16(19-10-20-17(14)23-22-15)21-13-4-2-1-3-5-13/h1-10H,(H,19,20,21). The third-order valence-corrected chi connectivity index (χ3v) is 3.43. The van der Waals surface area contributed by atoms with Crippen LogP contribution in [0.1, 0.15) is 0 Å². The zero-order chi connectivity index (χ0) is 15.6. The molecule has 0 unspecified atom stereocenters. The van der Waals surface area contributed by atoms with E-state index in [-0.39, 0.29) is 5.82 Å². The number of nitrogens with one attached hydrogen (secondary N) is 1. The number of benzene rings is 2. The van der Waals surface area contributed by atoms with Crippen LogP contribution < -0.4 is 5.32 Å². The Morgan fingerprint density at radius 3 is 2.48 bits per heavy atom. The quantitative estimate of drug-likeness (QED) is 0.615. The van der Waals surface area contributed by atoms with E-state index in [0.717, 1.165) is 11.3 Å². The van der Waals surface area contributed by atoms with Crippen molar-refractivity contribution in [1.29, 1.82) is 0 Å². The van der Waals surface area contributed by atoms with E-state index in [0.29, 0.717) is 22.6 Å². The summed E-state index contributed by atoms with van der Waals surface area (Å²) in [5.74, 6) is 0.280. The van der Waals surface area contributed by atoms with Gasteiger partial charge in [0.05, 0.1) is 0 Å². The van der Waals surface area contributed by atoms with Crippen LogP contribution >= 0.6 is 0 Å². The summed E-state index contributed by atoms with van der Waals surface area (Å²) >= 11 is 0. The van der Waals surface area contributed by atoms with Crippen molar-refractivity contribution in [3.05, 3.63) is 66.7 Å². The topological polar surface area (TPSA) is 63.8 Å². The minimum atomic E-state index is -0.305. The van der Waals surface area contributed by atoms with Crippen molar-refractivity contribution in [1.82, 2.24) is 15.1 Å². The average molecular weight is 306 g/mol. The molecule has 0 radical (unpaired) electrons. The molecule has 2 aromatic heterocycles. The van der Waals surface area contributed by atoms with Crippen molar-refractivity contribution in [2.45, 2.75) is 0 Å². The Hall–Kier alpha value is -3.28. The highest BCUT2D eigenvalue weighted by molar-refractivity contribution is 5.98. The third kappa shape index (κ3) is 2.50. The molecule has 1 N–H and O–H groups in total. The second-order valence-electron chi connectivity index (χ2n) is 4.93. The van der Waals surface area contributed by atoms with Crippen molar-refractivity contribution < 1.29 is 8.91 Å². The largest absolute Gasteiger partial charge is 0.339 e. The van der Waals surface area contributed by atoms with E-state index in [2.05, 4.69) is 20.4 Å². The highest BCUT2D eigenvalue weighted by Crippen LogP contribution is 2.32. The van der Waals surface area contributed by atoms with E-state index in [4.69, 9.17) is 4.52 Å². The van der Waals surface area contributed by atoms with E-state index in [1.807, 2.05) is 30.3 Å². The summed E-state index contributed by atoms with van der Waals surface area (Å²) in [7, 11) is 0. The minimum absolute atomic E-state index is 0.305. The first kappa shape index (κ1) is 13.4. The summed E-state index contributed by atoms with van der Waals surface area (Å²) < 4.78 is 18.4. The minimum Gasteiger partial charge on any atom is -0.339 e. The number of anilines is 2. The fourth-order valence-electron chi connectivity index (χ4n) is 2.34. The van der Waals surface area contributed by atoms with Gasteiger partial charge in [-0.05, 0) is 36.4 Å². The summed E-state index contributed by atoms with van der Waals surface area (Å²) in [5, 5.41) is 7.94. The van der Waals surface area contributed by atoms with Crippen LogP contribution in [0.15, 0.2) is 65.4 Å². The lowest BCUT2D eigenvalue weighted by atomic mass is 10.1. The molecule has 2 heterocycles. The Morgan fingerprint density at radius 2 is 1.70 bits per heavy atom. The lowest BCUT2D eigenvalue weighted by molar-refractivity contribution is 0.451. The van der Waals surface area contributed by atoms with Crippen LogP contribution in [0.2, 0.25) is 0 Å². The molecule has 4 aromatic rings. The first-order chi connectivity index (χ1) is 11.3. The number of rotatable bonds is 3. The van der Waals surface area contributed by atoms with Crippen LogP contribution in [0.4, 0.5) is 15.9 Å². The van der Waals surface area contributed by atoms with Crippen LogP contribution in [-0.2, 0) is 0 Å². The molecular formula is C17H11FN4O. The van der Waals surface area contributed by atoms with Gasteiger partial charge in [-0.1, -0.05) is 23.4 Å². The zero-order valence-corrected chi connectivity index (χ0v) is 11.9. The molecule has 112 valence electrons. The highest BCUT2D eigenvalue weighted by Gasteiger charge is 2.16. The second kappa shape index (κ2) is 5.49. The van der Waals surface area contributed by atoms with E-state index in [1.165, 1.54) is 18.5 Å². The molecule has 0 bridgehead atoms. The number of nitrogens with zero attached hydrogens (tertiary/aromatic N) is 3. The summed E-state index contributed by atoms with van der Waals surface area (Å²) in [6, 6.07) is 15.7. The van der Waals surface area contributed by atoms with Crippen molar-refractivity contribution >= 4 is 22.6 Å². The Morgan fingerprint density at radius 1 is 0.913 bits per heavy atom. The van der Waals surface area contributed by atoms with Crippen LogP contribution in [0.25, 0.3) is 22.4 Å². The van der Waals surface area contributed by atoms with E-state index < -0.39 is 0 Å². The smallest absolute Gasteiger partial charge is 0.263 e. The number of aromatic nitrogens is 3. The van der Waals surface area contributed by atoms with Crippen molar-refractivity contribution in [3.63, 3.8) is 0 Å². The second-order valence-corrected chi connectivity index (χ2v) is 4.93. The van der Waals surface area contributed by atoms with E-state index in [9.17, 15) is 4.39 Å². The molecule has 0 saturated heterocycles. The molecule has 5 nitrogen and oxygen atoms in total. The van der Waals surface area contributed by atoms with Crippen LogP contribution in [-0.4, -0.2) is 15.1 Å². The summed E-state index contributed by atoms with van der Waals surface area (Å²) in [4.78, 5) is 8.37. The van der Waals surface area contributed by atoms with Crippen LogP contribution in [0, 0.1) is 5.82 Å². The van der Waals surface area contributed by atoms with Crippen molar-refractivity contribution in [2.75, 3.05) is 5.32 Å². The van der Waals surface area contributed by atoms with Gasteiger partial charge in [0.2, 0.25) is 0 Å². The van der Waals surface area contributed by atoms with Gasteiger partial charge in [-0.15, -0.1) is 0 Å². The predicted octanol–water partition coefficient (Wildman–Crippen LogP) is 4.17. The van der Waals surface area contributed by atoms with Gasteiger partial charge in [0.1, 0.15) is 29.0 Å². The van der Waals surface area contributed by atoms with Gasteiger partial charge in [0.25, 0.3) is 5.71 Å². The SMILES string of the molecule is Fc1ccc(-c2noc3ncnc(Nc4ccccc4)c23)cc1. The normalized spacial score (nSPS) is 10.8. The number of hydrogen-bond donors (Lipinski definition) is 1. The molecular weight excluding hydrogens is 295 g/mol. The van der Waals surface area contributed by atoms with Gasteiger partial charge in [-0.2, -0.15) is 4.98 Å². The molecule has 0 aliphatic heterocycles. The molecule has 0 spiro atoms. The molecule has 0 atom stereocenters. The molecule has 0 amide bonds. The molecule has 2 aromatic carbocycles. The maximum atomic E-state index is 13.1. The third-order valence-electron chi connectivity index (χ3n) is 3.43. The molecule has 6 heteroatoms. The summed E-state index contributed by atoms with van der Waals surface area (Å²) in [5.41, 5.74) is 2.56. The first-order valence-electron chi connectivity index (χ1n) is 6.99. The summed E-state index contributed by atoms with van der Waals surface area (Å²) in [6.07, 6.45) is 1.41. The Kier molecular flexibility index (Phi) is 3.20. The lowest BCUT2D eigenvalue weighted by Gasteiger charge is -2.06. The van der Waals surface area contributed by atoms with E-state index in [1.54, 1.807) is 12.1 Å². The first-order valence-corrected chi connectivity index (χ1v) is 6.99. The lowest BCUT2D eigenvalue weighted by Crippen LogP contribution is -1.95. The molecule has 0 saturated carbocycles. The van der Waals surface area contributed by atoms with Gasteiger partial charge >= 0.3 is 0 Å². The fourth-order valence-corrected chi connectivity index (χ4v) is 2.34. The summed E-state index contributed by atoms with van der Waals surface area (Å²) in [6.45, 7) is 0. The van der Waals surface area contributed by atoms with Crippen LogP contribution in [0.5, 0.6) is 0 Å². The van der Waals surface area contributed by atoms with Gasteiger partial charge in [0, 0.05) is 11.3 Å². The Bertz CT molecular complexity index is 951. The number of fused-ring (bicyclic) bond motifs is 1. The van der Waals surface area contributed by atoms with Gasteiger partial charge < -0.3 is 9.84 Å². The number of hydrogen-bond acceptors (Lipinski definition) is 5. The van der Waals surface area contributed by atoms with Gasteiger partial charge in [-0.3, -0.25) is 0 Å². The number of para-hydroxylation sites is 1. The molecule has 0 aliphatic rings. The maximum absolute atomic E-state index is 13.1. The molecule has 0 aliphatic carbocycles. The van der Waals surface area contributed by atoms with Crippen molar-refractivity contribution in [2.24, 2.45) is 0 Å². The van der Waals surface area contributed by atoms with Crippen LogP contribution in [0.3, 0.4) is 0 Å². The van der Waals surface area contributed by atoms with Gasteiger partial charge in [0.15, 0.2) is 0 Å². The number of halogens is 1. The van der Waals surface area contributed by atoms with Gasteiger partial charge in [-0.25, -0.2) is 9.37 Å². The monoisotopic (exact) mass is 306 g/mol. The highest BCUT2D eigenvalue weighted by atomic mass is 19.1. The molecule has 0 fully saturated rings. The predicted molar refractivity (Wildman–Crippen MR) is 84.7 cm³/mol. The Balaban J connectivity index is 1.85. The Labute approximate surface area is 130 Å². The van der Waals surface area contributed by atoms with E-state index >= 15 is 0 Å². The van der Waals surface area contributed by atoms with Crippen molar-refractivity contribution in [3.8, 4) is 11.3 Å². The zero-order valence-electron chi connectivity index (χ0n) is 11.9. The fraction of sp³-hybridized carbons (Fsp3) is 0. The molecule has 4 rings (SSSR count). The average Bonchev–Trinajstić information content (AvgIpc) is 3.02. The maximum Gasteiger partial charge on any atom is 0.263 e.